The van der Waals surface area contributed by atoms with Crippen LogP contribution in [-0.2, 0) is 12.1 Å². The quantitative estimate of drug-likeness (QED) is 0.813. The van der Waals surface area contributed by atoms with Gasteiger partial charge in [-0.15, -0.1) is 0 Å². The number of fused-ring (bicyclic) bond motifs is 2. The molecule has 0 amide bonds. The van der Waals surface area contributed by atoms with E-state index in [4.69, 9.17) is 0 Å². The van der Waals surface area contributed by atoms with E-state index >= 15 is 0 Å². The van der Waals surface area contributed by atoms with Gasteiger partial charge in [0, 0.05) is 30.3 Å². The lowest BCUT2D eigenvalue weighted by Crippen LogP contribution is -2.56. The summed E-state index contributed by atoms with van der Waals surface area (Å²) < 4.78 is 41.3. The first-order valence-electron chi connectivity index (χ1n) is 9.13. The Morgan fingerprint density at radius 1 is 0.923 bits per heavy atom. The molecule has 0 aliphatic carbocycles. The van der Waals surface area contributed by atoms with E-state index in [1.54, 1.807) is 0 Å². The number of halogens is 3. The van der Waals surface area contributed by atoms with E-state index in [0.29, 0.717) is 18.9 Å². The predicted octanol–water partition coefficient (Wildman–Crippen LogP) is 4.51. The highest BCUT2D eigenvalue weighted by Gasteiger charge is 2.47. The maximum Gasteiger partial charge on any atom is 0.161 e. The average molecular weight is 361 g/mol. The SMILES string of the molecule is OC1(c2cc(F)c(F)cc2F)CC2CCCC(C1)N2Cc1ccccc1. The molecule has 2 aromatic carbocycles. The number of nitrogens with zero attached hydrogens (tertiary/aromatic N) is 1. The van der Waals surface area contributed by atoms with Gasteiger partial charge in [0.05, 0.1) is 5.60 Å². The van der Waals surface area contributed by atoms with Crippen LogP contribution in [0.25, 0.3) is 0 Å². The number of rotatable bonds is 3. The maximum absolute atomic E-state index is 14.3. The van der Waals surface area contributed by atoms with Gasteiger partial charge in [-0.3, -0.25) is 4.90 Å². The Labute approximate surface area is 151 Å². The van der Waals surface area contributed by atoms with Crippen LogP contribution in [0.3, 0.4) is 0 Å². The van der Waals surface area contributed by atoms with Crippen molar-refractivity contribution in [3.63, 3.8) is 0 Å². The lowest BCUT2D eigenvalue weighted by Gasteiger charge is -2.52. The Morgan fingerprint density at radius 2 is 1.54 bits per heavy atom. The molecule has 0 radical (unpaired) electrons. The molecule has 2 unspecified atom stereocenters. The third-order valence-corrected chi connectivity index (χ3v) is 5.88. The van der Waals surface area contributed by atoms with Crippen molar-refractivity contribution < 1.29 is 18.3 Å². The van der Waals surface area contributed by atoms with Crippen molar-refractivity contribution in [3.05, 3.63) is 71.0 Å². The van der Waals surface area contributed by atoms with Gasteiger partial charge < -0.3 is 5.11 Å². The number of hydrogen-bond acceptors (Lipinski definition) is 2. The highest BCUT2D eigenvalue weighted by atomic mass is 19.2. The van der Waals surface area contributed by atoms with Gasteiger partial charge in [0.2, 0.25) is 0 Å². The smallest absolute Gasteiger partial charge is 0.161 e. The summed E-state index contributed by atoms with van der Waals surface area (Å²) in [5.41, 5.74) is -0.372. The summed E-state index contributed by atoms with van der Waals surface area (Å²) in [5.74, 6) is -3.22. The summed E-state index contributed by atoms with van der Waals surface area (Å²) in [6, 6.07) is 11.7. The van der Waals surface area contributed by atoms with E-state index in [1.165, 1.54) is 5.56 Å². The van der Waals surface area contributed by atoms with Gasteiger partial charge in [0.1, 0.15) is 5.82 Å². The molecule has 1 N–H and O–H groups in total. The number of hydrogen-bond donors (Lipinski definition) is 1. The monoisotopic (exact) mass is 361 g/mol. The fourth-order valence-corrected chi connectivity index (χ4v) is 4.67. The maximum atomic E-state index is 14.3. The Balaban J connectivity index is 1.62. The molecule has 4 rings (SSSR count). The van der Waals surface area contributed by atoms with E-state index in [-0.39, 0.29) is 17.6 Å². The summed E-state index contributed by atoms with van der Waals surface area (Å²) in [5, 5.41) is 11.2. The molecular weight excluding hydrogens is 339 g/mol. The van der Waals surface area contributed by atoms with Crippen LogP contribution in [0, 0.1) is 17.5 Å². The molecule has 2 atom stereocenters. The second-order valence-corrected chi connectivity index (χ2v) is 7.58. The number of aliphatic hydroxyl groups is 1. The van der Waals surface area contributed by atoms with E-state index in [1.807, 2.05) is 18.2 Å². The third-order valence-electron chi connectivity index (χ3n) is 5.88. The molecule has 0 spiro atoms. The van der Waals surface area contributed by atoms with Crippen LogP contribution in [0.5, 0.6) is 0 Å². The van der Waals surface area contributed by atoms with Gasteiger partial charge in [-0.2, -0.15) is 0 Å². The fourth-order valence-electron chi connectivity index (χ4n) is 4.67. The molecule has 2 aliphatic rings. The van der Waals surface area contributed by atoms with Crippen LogP contribution >= 0.6 is 0 Å². The van der Waals surface area contributed by atoms with Gasteiger partial charge in [-0.25, -0.2) is 13.2 Å². The second kappa shape index (κ2) is 6.71. The van der Waals surface area contributed by atoms with E-state index in [0.717, 1.165) is 31.9 Å². The molecule has 5 heteroatoms. The van der Waals surface area contributed by atoms with Crippen LogP contribution in [0.1, 0.15) is 43.2 Å². The van der Waals surface area contributed by atoms with Gasteiger partial charge in [-0.1, -0.05) is 36.8 Å². The van der Waals surface area contributed by atoms with Gasteiger partial charge in [0.15, 0.2) is 11.6 Å². The minimum atomic E-state index is -1.46. The largest absolute Gasteiger partial charge is 0.385 e. The highest BCUT2D eigenvalue weighted by Crippen LogP contribution is 2.45. The minimum Gasteiger partial charge on any atom is -0.385 e. The van der Waals surface area contributed by atoms with Crippen LogP contribution in [-0.4, -0.2) is 22.1 Å². The van der Waals surface area contributed by atoms with Crippen molar-refractivity contribution in [3.8, 4) is 0 Å². The molecule has 0 saturated carbocycles. The summed E-state index contributed by atoms with van der Waals surface area (Å²) in [4.78, 5) is 2.38. The van der Waals surface area contributed by atoms with E-state index in [9.17, 15) is 18.3 Å². The molecule has 2 bridgehead atoms. The Morgan fingerprint density at radius 3 is 2.19 bits per heavy atom. The van der Waals surface area contributed by atoms with Gasteiger partial charge >= 0.3 is 0 Å². The molecule has 2 nitrogen and oxygen atoms in total. The van der Waals surface area contributed by atoms with E-state index in [2.05, 4.69) is 17.0 Å². The Hall–Kier alpha value is -1.85. The lowest BCUT2D eigenvalue weighted by atomic mass is 9.72. The van der Waals surface area contributed by atoms with Gasteiger partial charge in [0.25, 0.3) is 0 Å². The Kier molecular flexibility index (Phi) is 4.53. The highest BCUT2D eigenvalue weighted by molar-refractivity contribution is 5.28. The molecule has 2 fully saturated rings. The van der Waals surface area contributed by atoms with Crippen molar-refractivity contribution in [1.82, 2.24) is 4.90 Å². The van der Waals surface area contributed by atoms with Crippen molar-refractivity contribution in [2.45, 2.75) is 56.3 Å². The first kappa shape index (κ1) is 17.6. The molecule has 2 aromatic rings. The molecule has 2 saturated heterocycles. The van der Waals surface area contributed by atoms with E-state index < -0.39 is 23.1 Å². The van der Waals surface area contributed by atoms with Gasteiger partial charge in [-0.05, 0) is 37.3 Å². The molecule has 0 aromatic heterocycles. The van der Waals surface area contributed by atoms with Crippen molar-refractivity contribution in [2.75, 3.05) is 0 Å². The van der Waals surface area contributed by atoms with Crippen molar-refractivity contribution in [2.24, 2.45) is 0 Å². The predicted molar refractivity (Wildman–Crippen MR) is 92.9 cm³/mol. The summed E-state index contributed by atoms with van der Waals surface area (Å²) in [6.07, 6.45) is 3.56. The van der Waals surface area contributed by atoms with Crippen LogP contribution in [0.4, 0.5) is 13.2 Å². The molecule has 26 heavy (non-hydrogen) atoms. The summed E-state index contributed by atoms with van der Waals surface area (Å²) in [6.45, 7) is 0.784. The fraction of sp³-hybridized carbons (Fsp3) is 0.429. The van der Waals surface area contributed by atoms with Crippen molar-refractivity contribution in [1.29, 1.82) is 0 Å². The van der Waals surface area contributed by atoms with Crippen LogP contribution < -0.4 is 0 Å². The first-order chi connectivity index (χ1) is 12.5. The number of piperidine rings is 2. The third kappa shape index (κ3) is 3.14. The number of benzene rings is 2. The average Bonchev–Trinajstić information content (AvgIpc) is 2.60. The summed E-state index contributed by atoms with van der Waals surface area (Å²) in [7, 11) is 0. The standard InChI is InChI=1S/C21H22F3NO/c22-18-10-20(24)19(23)9-17(18)21(26)11-15-7-4-8-16(12-21)25(15)13-14-5-2-1-3-6-14/h1-3,5-6,9-10,15-16,26H,4,7-8,11-13H2. The minimum absolute atomic E-state index is 0.0974. The zero-order valence-electron chi connectivity index (χ0n) is 14.5. The molecule has 2 aliphatic heterocycles. The van der Waals surface area contributed by atoms with Crippen LogP contribution in [0.15, 0.2) is 42.5 Å². The topological polar surface area (TPSA) is 23.5 Å². The first-order valence-corrected chi connectivity index (χ1v) is 9.13. The molecular formula is C21H22F3NO. The van der Waals surface area contributed by atoms with Crippen LogP contribution in [0.2, 0.25) is 0 Å². The zero-order valence-corrected chi connectivity index (χ0v) is 14.5. The molecule has 138 valence electrons. The zero-order chi connectivity index (χ0) is 18.3. The second-order valence-electron chi connectivity index (χ2n) is 7.58. The Bertz CT molecular complexity index is 781. The lowest BCUT2D eigenvalue weighted by molar-refractivity contribution is -0.102. The molecule has 2 heterocycles. The summed E-state index contributed by atoms with van der Waals surface area (Å²) >= 11 is 0. The van der Waals surface area contributed by atoms with Crippen molar-refractivity contribution >= 4 is 0 Å². The normalized spacial score (nSPS) is 28.9.